The van der Waals surface area contributed by atoms with E-state index in [1.54, 1.807) is 30.0 Å². The number of aliphatic hydroxyl groups is 1. The van der Waals surface area contributed by atoms with Gasteiger partial charge in [0.05, 0.1) is 25.3 Å². The molecule has 1 aromatic carbocycles. The third-order valence-electron chi connectivity index (χ3n) is 4.67. The highest BCUT2D eigenvalue weighted by Crippen LogP contribution is 2.31. The highest BCUT2D eigenvalue weighted by molar-refractivity contribution is 6.09. The van der Waals surface area contributed by atoms with Gasteiger partial charge in [-0.25, -0.2) is 9.67 Å². The Morgan fingerprint density at radius 3 is 2.79 bits per heavy atom. The second kappa shape index (κ2) is 7.59. The van der Waals surface area contributed by atoms with Crippen LogP contribution >= 0.6 is 0 Å². The van der Waals surface area contributed by atoms with Crippen LogP contribution in [0.15, 0.2) is 36.4 Å². The second-order valence-corrected chi connectivity index (χ2v) is 7.24. The predicted molar refractivity (Wildman–Crippen MR) is 106 cm³/mol. The molecule has 0 saturated heterocycles. The van der Waals surface area contributed by atoms with Crippen LogP contribution in [0.5, 0.6) is 5.75 Å². The molecule has 3 aromatic rings. The number of ether oxygens (including phenoxy) is 1. The Bertz CT molecular complexity index is 1050. The lowest BCUT2D eigenvalue weighted by Crippen LogP contribution is -2.24. The van der Waals surface area contributed by atoms with Crippen LogP contribution in [0.4, 0.5) is 5.82 Å². The van der Waals surface area contributed by atoms with Crippen molar-refractivity contribution in [2.24, 2.45) is 0 Å². The lowest BCUT2D eigenvalue weighted by atomic mass is 10.1. The fourth-order valence-electron chi connectivity index (χ4n) is 3.25. The number of benzene rings is 1. The topological polar surface area (TPSA) is 106 Å². The van der Waals surface area contributed by atoms with E-state index in [2.05, 4.69) is 20.5 Å². The minimum atomic E-state index is -0.289. The Kier molecular flexibility index (Phi) is 4.98. The first kappa shape index (κ1) is 19.0. The number of amides is 1. The zero-order chi connectivity index (χ0) is 20.5. The molecule has 1 amide bonds. The zero-order valence-electron chi connectivity index (χ0n) is 16.5. The number of aromatic nitrogens is 5. The summed E-state index contributed by atoms with van der Waals surface area (Å²) in [5, 5.41) is 21.1. The van der Waals surface area contributed by atoms with Crippen molar-refractivity contribution >= 4 is 11.7 Å². The van der Waals surface area contributed by atoms with Crippen LogP contribution in [0.3, 0.4) is 0 Å². The standard InChI is InChI=1S/C20H22N6O3/c1-12(2)29-15-8-7-14-10-25(20(28)16(14)9-15)18-6-4-5-17(21-18)19-22-23-24-26(19)13(3)11-27/h4-9,12-13,27H,10-11H2,1-3H3/t13-/m1/s1. The first-order valence-electron chi connectivity index (χ1n) is 9.45. The smallest absolute Gasteiger partial charge is 0.260 e. The van der Waals surface area contributed by atoms with Gasteiger partial charge in [-0.05, 0) is 61.0 Å². The number of aliphatic hydroxyl groups excluding tert-OH is 1. The van der Waals surface area contributed by atoms with Crippen molar-refractivity contribution in [3.8, 4) is 17.3 Å². The number of carbonyl (C=O) groups excluding carboxylic acids is 1. The molecule has 0 saturated carbocycles. The zero-order valence-corrected chi connectivity index (χ0v) is 16.5. The van der Waals surface area contributed by atoms with Crippen molar-refractivity contribution in [1.29, 1.82) is 0 Å². The minimum absolute atomic E-state index is 0.0336. The van der Waals surface area contributed by atoms with Crippen LogP contribution in [-0.4, -0.2) is 48.9 Å². The summed E-state index contributed by atoms with van der Waals surface area (Å²) >= 11 is 0. The first-order chi connectivity index (χ1) is 14.0. The van der Waals surface area contributed by atoms with E-state index < -0.39 is 0 Å². The quantitative estimate of drug-likeness (QED) is 0.683. The van der Waals surface area contributed by atoms with Crippen molar-refractivity contribution < 1.29 is 14.6 Å². The molecule has 29 heavy (non-hydrogen) atoms. The van der Waals surface area contributed by atoms with Crippen LogP contribution in [0.2, 0.25) is 0 Å². The lowest BCUT2D eigenvalue weighted by Gasteiger charge is -2.16. The predicted octanol–water partition coefficient (Wildman–Crippen LogP) is 2.24. The molecule has 0 bridgehead atoms. The SMILES string of the molecule is CC(C)Oc1ccc2c(c1)C(=O)N(c1cccc(-c3nnnn3[C@H](C)CO)n1)C2. The van der Waals surface area contributed by atoms with Gasteiger partial charge in [0.15, 0.2) is 0 Å². The Balaban J connectivity index is 1.64. The van der Waals surface area contributed by atoms with Gasteiger partial charge in [0.25, 0.3) is 5.91 Å². The van der Waals surface area contributed by atoms with Crippen molar-refractivity contribution in [3.63, 3.8) is 0 Å². The van der Waals surface area contributed by atoms with E-state index >= 15 is 0 Å². The third-order valence-corrected chi connectivity index (χ3v) is 4.67. The fourth-order valence-corrected chi connectivity index (χ4v) is 3.25. The molecular formula is C20H22N6O3. The van der Waals surface area contributed by atoms with Crippen LogP contribution in [-0.2, 0) is 6.54 Å². The van der Waals surface area contributed by atoms with Gasteiger partial charge in [0, 0.05) is 5.56 Å². The van der Waals surface area contributed by atoms with E-state index in [9.17, 15) is 9.90 Å². The molecule has 1 aliphatic rings. The molecule has 0 fully saturated rings. The molecule has 1 N–H and O–H groups in total. The Labute approximate surface area is 167 Å². The largest absolute Gasteiger partial charge is 0.491 e. The van der Waals surface area contributed by atoms with Gasteiger partial charge >= 0.3 is 0 Å². The number of carbonyl (C=O) groups is 1. The number of anilines is 1. The van der Waals surface area contributed by atoms with Gasteiger partial charge in [-0.1, -0.05) is 12.1 Å². The molecule has 0 aliphatic carbocycles. The van der Waals surface area contributed by atoms with Gasteiger partial charge in [0.1, 0.15) is 17.3 Å². The van der Waals surface area contributed by atoms with E-state index in [-0.39, 0.29) is 24.7 Å². The summed E-state index contributed by atoms with van der Waals surface area (Å²) in [5.41, 5.74) is 2.08. The van der Waals surface area contributed by atoms with Gasteiger partial charge in [-0.2, -0.15) is 0 Å². The average molecular weight is 394 g/mol. The number of fused-ring (bicyclic) bond motifs is 1. The summed E-state index contributed by atoms with van der Waals surface area (Å²) in [6, 6.07) is 10.7. The molecule has 9 heteroatoms. The summed E-state index contributed by atoms with van der Waals surface area (Å²) in [6.07, 6.45) is 0.0336. The highest BCUT2D eigenvalue weighted by atomic mass is 16.5. The van der Waals surface area contributed by atoms with E-state index in [0.717, 1.165) is 5.56 Å². The van der Waals surface area contributed by atoms with Crippen LogP contribution in [0.1, 0.15) is 42.7 Å². The van der Waals surface area contributed by atoms with E-state index in [1.165, 1.54) is 4.68 Å². The van der Waals surface area contributed by atoms with Gasteiger partial charge in [0.2, 0.25) is 5.82 Å². The third kappa shape index (κ3) is 3.56. The Morgan fingerprint density at radius 1 is 1.21 bits per heavy atom. The van der Waals surface area contributed by atoms with Crippen molar-refractivity contribution in [3.05, 3.63) is 47.5 Å². The molecule has 1 atom stereocenters. The molecule has 1 aliphatic heterocycles. The highest BCUT2D eigenvalue weighted by Gasteiger charge is 2.30. The normalized spacial score (nSPS) is 14.4. The summed E-state index contributed by atoms with van der Waals surface area (Å²) in [7, 11) is 0. The van der Waals surface area contributed by atoms with Crippen molar-refractivity contribution in [2.45, 2.75) is 39.5 Å². The van der Waals surface area contributed by atoms with Crippen LogP contribution in [0, 0.1) is 0 Å². The van der Waals surface area contributed by atoms with Crippen LogP contribution < -0.4 is 9.64 Å². The average Bonchev–Trinajstić information content (AvgIpc) is 3.32. The number of rotatable bonds is 6. The molecule has 0 radical (unpaired) electrons. The Hall–Kier alpha value is -3.33. The number of hydrogen-bond acceptors (Lipinski definition) is 7. The molecule has 4 rings (SSSR count). The second-order valence-electron chi connectivity index (χ2n) is 7.24. The molecule has 0 unspecified atom stereocenters. The molecule has 3 heterocycles. The Morgan fingerprint density at radius 2 is 2.03 bits per heavy atom. The van der Waals surface area contributed by atoms with Gasteiger partial charge < -0.3 is 9.84 Å². The summed E-state index contributed by atoms with van der Waals surface area (Å²) < 4.78 is 7.23. The maximum absolute atomic E-state index is 13.0. The number of nitrogens with zero attached hydrogens (tertiary/aromatic N) is 6. The van der Waals surface area contributed by atoms with E-state index in [4.69, 9.17) is 4.74 Å². The summed E-state index contributed by atoms with van der Waals surface area (Å²) in [6.45, 7) is 6.04. The molecule has 9 nitrogen and oxygen atoms in total. The fraction of sp³-hybridized carbons (Fsp3) is 0.350. The summed E-state index contributed by atoms with van der Waals surface area (Å²) in [5.74, 6) is 1.50. The number of tetrazole rings is 1. The van der Waals surface area contributed by atoms with E-state index in [0.29, 0.717) is 35.2 Å². The monoisotopic (exact) mass is 394 g/mol. The van der Waals surface area contributed by atoms with Crippen molar-refractivity contribution in [2.75, 3.05) is 11.5 Å². The minimum Gasteiger partial charge on any atom is -0.491 e. The number of pyridine rings is 1. The maximum Gasteiger partial charge on any atom is 0.260 e. The summed E-state index contributed by atoms with van der Waals surface area (Å²) in [4.78, 5) is 19.2. The van der Waals surface area contributed by atoms with Crippen molar-refractivity contribution in [1.82, 2.24) is 25.2 Å². The maximum atomic E-state index is 13.0. The van der Waals surface area contributed by atoms with Crippen LogP contribution in [0.25, 0.3) is 11.5 Å². The molecular weight excluding hydrogens is 372 g/mol. The molecule has 2 aromatic heterocycles. The van der Waals surface area contributed by atoms with E-state index in [1.807, 2.05) is 32.0 Å². The lowest BCUT2D eigenvalue weighted by molar-refractivity contribution is 0.0995. The molecule has 0 spiro atoms. The van der Waals surface area contributed by atoms with Gasteiger partial charge in [-0.3, -0.25) is 9.69 Å². The van der Waals surface area contributed by atoms with Gasteiger partial charge in [-0.15, -0.1) is 5.10 Å². The first-order valence-corrected chi connectivity index (χ1v) is 9.45. The molecule has 150 valence electrons. The number of hydrogen-bond donors (Lipinski definition) is 1.